The lowest BCUT2D eigenvalue weighted by atomic mass is 9.81. The fourth-order valence-electron chi connectivity index (χ4n) is 4.39. The quantitative estimate of drug-likeness (QED) is 0.528. The van der Waals surface area contributed by atoms with Crippen molar-refractivity contribution in [2.24, 2.45) is 0 Å². The van der Waals surface area contributed by atoms with E-state index in [1.807, 2.05) is 6.92 Å². The predicted octanol–water partition coefficient (Wildman–Crippen LogP) is 3.60. The smallest absolute Gasteiger partial charge is 0.332 e. The number of carbonyl (C=O) groups excluding carboxylic acids is 1. The summed E-state index contributed by atoms with van der Waals surface area (Å²) < 4.78 is 18.9. The minimum Gasteiger partial charge on any atom is -0.450 e. The highest BCUT2D eigenvalue weighted by atomic mass is 19.1. The Morgan fingerprint density at radius 3 is 2.77 bits per heavy atom. The highest BCUT2D eigenvalue weighted by molar-refractivity contribution is 5.89. The molecule has 1 saturated heterocycles. The molecule has 0 saturated carbocycles. The Kier molecular flexibility index (Phi) is 4.20. The Labute approximate surface area is 153 Å². The Balaban J connectivity index is 1.77. The third kappa shape index (κ3) is 2.87. The number of fused-ring (bicyclic) bond motifs is 3. The zero-order valence-electron chi connectivity index (χ0n) is 15.1. The summed E-state index contributed by atoms with van der Waals surface area (Å²) in [6, 6.07) is 6.52. The number of esters is 1. The molecule has 3 nitrogen and oxygen atoms in total. The Bertz CT molecular complexity index is 858. The van der Waals surface area contributed by atoms with Gasteiger partial charge in [0.05, 0.1) is 6.04 Å². The minimum atomic E-state index is -0.661. The van der Waals surface area contributed by atoms with Gasteiger partial charge in [0, 0.05) is 28.8 Å². The molecule has 26 heavy (non-hydrogen) atoms. The van der Waals surface area contributed by atoms with Crippen LogP contribution in [0.25, 0.3) is 0 Å². The second-order valence-electron chi connectivity index (χ2n) is 7.41. The summed E-state index contributed by atoms with van der Waals surface area (Å²) in [7, 11) is 0. The van der Waals surface area contributed by atoms with E-state index in [0.29, 0.717) is 0 Å². The average molecular weight is 351 g/mol. The largest absolute Gasteiger partial charge is 0.450 e. The number of hydrogen-bond donors (Lipinski definition) is 0. The van der Waals surface area contributed by atoms with Gasteiger partial charge < -0.3 is 4.74 Å². The third-order valence-corrected chi connectivity index (χ3v) is 5.70. The van der Waals surface area contributed by atoms with Gasteiger partial charge in [0.15, 0.2) is 5.60 Å². The fraction of sp³-hybridized carbons (Fsp3) is 0.409. The Hall–Kier alpha value is -2.38. The maximum Gasteiger partial charge on any atom is 0.332 e. The van der Waals surface area contributed by atoms with Gasteiger partial charge in [-0.3, -0.25) is 4.90 Å². The second kappa shape index (κ2) is 6.41. The van der Waals surface area contributed by atoms with Crippen molar-refractivity contribution in [3.63, 3.8) is 0 Å². The number of hydrogen-bond acceptors (Lipinski definition) is 3. The summed E-state index contributed by atoms with van der Waals surface area (Å²) in [4.78, 5) is 14.5. The van der Waals surface area contributed by atoms with Crippen LogP contribution < -0.4 is 0 Å². The van der Waals surface area contributed by atoms with E-state index >= 15 is 0 Å². The first kappa shape index (κ1) is 17.1. The van der Waals surface area contributed by atoms with Crippen molar-refractivity contribution in [2.45, 2.75) is 50.8 Å². The van der Waals surface area contributed by atoms with Crippen molar-refractivity contribution in [1.82, 2.24) is 4.90 Å². The zero-order valence-corrected chi connectivity index (χ0v) is 15.1. The molecular weight excluding hydrogens is 329 g/mol. The first-order valence-corrected chi connectivity index (χ1v) is 9.18. The number of ether oxygens (including phenoxy) is 1. The summed E-state index contributed by atoms with van der Waals surface area (Å²) in [6.45, 7) is 5.18. The summed E-state index contributed by atoms with van der Waals surface area (Å²) in [5, 5.41) is 0. The molecule has 4 heteroatoms. The molecule has 134 valence electrons. The lowest BCUT2D eigenvalue weighted by molar-refractivity contribution is -0.151. The van der Waals surface area contributed by atoms with E-state index < -0.39 is 5.60 Å². The number of halogens is 1. The van der Waals surface area contributed by atoms with E-state index in [9.17, 15) is 9.18 Å². The Morgan fingerprint density at radius 2 is 2.00 bits per heavy atom. The molecular formula is C22H22FNO2. The molecule has 0 bridgehead atoms. The van der Waals surface area contributed by atoms with Crippen LogP contribution in [0.4, 0.5) is 4.39 Å². The number of carbonyl (C=O) groups is 1. The Morgan fingerprint density at radius 1 is 1.23 bits per heavy atom. The predicted molar refractivity (Wildman–Crippen MR) is 97.7 cm³/mol. The summed E-state index contributed by atoms with van der Waals surface area (Å²) in [5.41, 5.74) is 1.79. The van der Waals surface area contributed by atoms with Crippen LogP contribution in [-0.2, 0) is 9.53 Å². The molecule has 0 unspecified atom stereocenters. The summed E-state index contributed by atoms with van der Waals surface area (Å²) in [5.74, 6) is 5.75. The fourth-order valence-corrected chi connectivity index (χ4v) is 4.39. The standard InChI is InChI=1S/C22H22FNO2/c1-15-13-17(9-6-16-7-10-18(23)11-8-16)19-14-21(25)26-22(19,2)20-5-3-4-12-24(15)20/h7-8,10-11,13-15,20H,3-5,12H2,1-2H3/t15-,20+,22-/m0/s1. The van der Waals surface area contributed by atoms with Gasteiger partial charge in [-0.05, 0) is 57.5 Å². The van der Waals surface area contributed by atoms with Crippen molar-refractivity contribution in [1.29, 1.82) is 0 Å². The van der Waals surface area contributed by atoms with Gasteiger partial charge in [-0.25, -0.2) is 9.18 Å². The van der Waals surface area contributed by atoms with Gasteiger partial charge in [-0.1, -0.05) is 24.3 Å². The summed E-state index contributed by atoms with van der Waals surface area (Å²) >= 11 is 0. The van der Waals surface area contributed by atoms with Gasteiger partial charge in [0.25, 0.3) is 0 Å². The van der Waals surface area contributed by atoms with E-state index in [4.69, 9.17) is 4.74 Å². The van der Waals surface area contributed by atoms with Crippen LogP contribution in [0.1, 0.15) is 38.7 Å². The number of nitrogens with zero attached hydrogens (tertiary/aromatic N) is 1. The monoisotopic (exact) mass is 351 g/mol. The number of rotatable bonds is 0. The van der Waals surface area contributed by atoms with Crippen LogP contribution in [0.5, 0.6) is 0 Å². The summed E-state index contributed by atoms with van der Waals surface area (Å²) in [6.07, 6.45) is 7.04. The number of piperidine rings is 1. The van der Waals surface area contributed by atoms with Gasteiger partial charge in [0.2, 0.25) is 0 Å². The topological polar surface area (TPSA) is 29.5 Å². The van der Waals surface area contributed by atoms with Crippen LogP contribution in [0.15, 0.2) is 47.6 Å². The molecule has 3 atom stereocenters. The molecule has 0 amide bonds. The molecule has 1 fully saturated rings. The molecule has 3 aliphatic heterocycles. The van der Waals surface area contributed by atoms with Crippen LogP contribution in [-0.4, -0.2) is 35.1 Å². The minimum absolute atomic E-state index is 0.172. The molecule has 0 N–H and O–H groups in total. The van der Waals surface area contributed by atoms with Crippen LogP contribution in [0.2, 0.25) is 0 Å². The van der Waals surface area contributed by atoms with Gasteiger partial charge in [-0.15, -0.1) is 0 Å². The van der Waals surface area contributed by atoms with Gasteiger partial charge >= 0.3 is 5.97 Å². The molecule has 1 aromatic rings. The van der Waals surface area contributed by atoms with E-state index in [-0.39, 0.29) is 23.9 Å². The molecule has 3 aliphatic rings. The maximum atomic E-state index is 13.1. The average Bonchev–Trinajstić information content (AvgIpc) is 2.91. The second-order valence-corrected chi connectivity index (χ2v) is 7.41. The number of benzene rings is 1. The van der Waals surface area contributed by atoms with Crippen molar-refractivity contribution in [3.8, 4) is 11.8 Å². The molecule has 0 aliphatic carbocycles. The van der Waals surface area contributed by atoms with Crippen molar-refractivity contribution < 1.29 is 13.9 Å². The van der Waals surface area contributed by atoms with E-state index in [1.165, 1.54) is 12.1 Å². The van der Waals surface area contributed by atoms with Crippen LogP contribution in [0, 0.1) is 17.7 Å². The molecule has 1 aromatic carbocycles. The molecule has 0 aromatic heterocycles. The van der Waals surface area contributed by atoms with E-state index in [2.05, 4.69) is 29.7 Å². The van der Waals surface area contributed by atoms with Crippen molar-refractivity contribution >= 4 is 5.97 Å². The molecule has 4 rings (SSSR count). The lowest BCUT2D eigenvalue weighted by Crippen LogP contribution is -2.55. The SMILES string of the molecule is C[C@H]1C=C(C#Cc2ccc(F)cc2)C2=CC(=O)O[C@]2(C)[C@H]2CCCCN12. The van der Waals surface area contributed by atoms with Crippen LogP contribution in [0.3, 0.4) is 0 Å². The van der Waals surface area contributed by atoms with Crippen molar-refractivity contribution in [3.05, 3.63) is 58.9 Å². The van der Waals surface area contributed by atoms with Gasteiger partial charge in [0.1, 0.15) is 5.82 Å². The maximum absolute atomic E-state index is 13.1. The highest BCUT2D eigenvalue weighted by Gasteiger charge is 2.51. The lowest BCUT2D eigenvalue weighted by Gasteiger charge is -2.45. The normalized spacial score (nSPS) is 30.8. The first-order chi connectivity index (χ1) is 12.5. The molecule has 0 spiro atoms. The van der Waals surface area contributed by atoms with Crippen molar-refractivity contribution in [2.75, 3.05) is 6.54 Å². The zero-order chi connectivity index (χ0) is 18.3. The first-order valence-electron chi connectivity index (χ1n) is 9.18. The van der Waals surface area contributed by atoms with Gasteiger partial charge in [-0.2, -0.15) is 0 Å². The highest BCUT2D eigenvalue weighted by Crippen LogP contribution is 2.44. The van der Waals surface area contributed by atoms with E-state index in [1.54, 1.807) is 18.2 Å². The molecule has 0 radical (unpaired) electrons. The third-order valence-electron chi connectivity index (χ3n) is 5.70. The van der Waals surface area contributed by atoms with E-state index in [0.717, 1.165) is 42.5 Å². The van der Waals surface area contributed by atoms with Crippen LogP contribution >= 0.6 is 0 Å². The molecule has 3 heterocycles.